The van der Waals surface area contributed by atoms with E-state index in [-0.39, 0.29) is 6.61 Å². The maximum atomic E-state index is 9.50. The molecule has 162 valence electrons. The summed E-state index contributed by atoms with van der Waals surface area (Å²) in [6.45, 7) is 6.32. The minimum absolute atomic E-state index is 0.250. The van der Waals surface area contributed by atoms with Crippen molar-refractivity contribution in [3.05, 3.63) is 47.8 Å². The number of nitrogens with one attached hydrogen (secondary N) is 1. The zero-order chi connectivity index (χ0) is 20.6. The Morgan fingerprint density at radius 2 is 1.77 bits per heavy atom. The van der Waals surface area contributed by atoms with Gasteiger partial charge >= 0.3 is 0 Å². The molecule has 3 heterocycles. The van der Waals surface area contributed by atoms with Crippen molar-refractivity contribution in [2.45, 2.75) is 51.6 Å². The van der Waals surface area contributed by atoms with E-state index in [4.69, 9.17) is 0 Å². The Hall–Kier alpha value is -2.18. The summed E-state index contributed by atoms with van der Waals surface area (Å²) in [7, 11) is 0. The number of aliphatic hydroxyl groups excluding tert-OH is 1. The SMILES string of the molecule is OCC1CCCN(c2cc(NCc3ccccc3CN3CCCCCC3)ncn2)C1. The predicted molar refractivity (Wildman–Crippen MR) is 122 cm³/mol. The van der Waals surface area contributed by atoms with Crippen LogP contribution in [0.3, 0.4) is 0 Å². The molecule has 2 saturated heterocycles. The van der Waals surface area contributed by atoms with E-state index in [0.717, 1.165) is 50.7 Å². The molecule has 1 unspecified atom stereocenters. The van der Waals surface area contributed by atoms with Crippen molar-refractivity contribution in [2.24, 2.45) is 5.92 Å². The second-order valence-electron chi connectivity index (χ2n) is 8.71. The molecule has 1 aromatic heterocycles. The van der Waals surface area contributed by atoms with Gasteiger partial charge in [0.1, 0.15) is 18.0 Å². The van der Waals surface area contributed by atoms with E-state index in [9.17, 15) is 5.11 Å². The number of hydrogen-bond donors (Lipinski definition) is 2. The lowest BCUT2D eigenvalue weighted by molar-refractivity contribution is 0.208. The number of rotatable bonds is 7. The van der Waals surface area contributed by atoms with Gasteiger partial charge in [0.2, 0.25) is 0 Å². The van der Waals surface area contributed by atoms with Crippen molar-refractivity contribution in [2.75, 3.05) is 43.0 Å². The molecule has 0 radical (unpaired) electrons. The van der Waals surface area contributed by atoms with E-state index < -0.39 is 0 Å². The van der Waals surface area contributed by atoms with Crippen molar-refractivity contribution in [3.63, 3.8) is 0 Å². The second kappa shape index (κ2) is 10.7. The molecule has 0 saturated carbocycles. The quantitative estimate of drug-likeness (QED) is 0.727. The summed E-state index contributed by atoms with van der Waals surface area (Å²) < 4.78 is 0. The van der Waals surface area contributed by atoms with Crippen LogP contribution in [0.15, 0.2) is 36.7 Å². The van der Waals surface area contributed by atoms with Crippen LogP contribution in [0.1, 0.15) is 49.7 Å². The first-order valence-corrected chi connectivity index (χ1v) is 11.5. The highest BCUT2D eigenvalue weighted by molar-refractivity contribution is 5.49. The Morgan fingerprint density at radius 1 is 0.967 bits per heavy atom. The minimum atomic E-state index is 0.250. The van der Waals surface area contributed by atoms with Crippen LogP contribution in [0.5, 0.6) is 0 Å². The monoisotopic (exact) mass is 409 g/mol. The van der Waals surface area contributed by atoms with E-state index >= 15 is 0 Å². The summed E-state index contributed by atoms with van der Waals surface area (Å²) in [5.74, 6) is 2.15. The van der Waals surface area contributed by atoms with Crippen LogP contribution in [0.4, 0.5) is 11.6 Å². The van der Waals surface area contributed by atoms with Gasteiger partial charge in [0.05, 0.1) is 0 Å². The number of piperidine rings is 1. The van der Waals surface area contributed by atoms with Gasteiger partial charge in [-0.15, -0.1) is 0 Å². The van der Waals surface area contributed by atoms with Gasteiger partial charge in [0.25, 0.3) is 0 Å². The molecule has 0 aliphatic carbocycles. The molecule has 1 aromatic carbocycles. The predicted octanol–water partition coefficient (Wildman–Crippen LogP) is 3.67. The number of aromatic nitrogens is 2. The van der Waals surface area contributed by atoms with Gasteiger partial charge in [-0.2, -0.15) is 0 Å². The van der Waals surface area contributed by atoms with Gasteiger partial charge in [-0.3, -0.25) is 4.90 Å². The first kappa shape index (κ1) is 21.1. The third kappa shape index (κ3) is 5.70. The fraction of sp³-hybridized carbons (Fsp3) is 0.583. The molecule has 30 heavy (non-hydrogen) atoms. The molecule has 0 amide bonds. The normalized spacial score (nSPS) is 20.7. The highest BCUT2D eigenvalue weighted by atomic mass is 16.3. The average Bonchev–Trinajstić information content (AvgIpc) is 3.07. The van der Waals surface area contributed by atoms with Crippen molar-refractivity contribution in [3.8, 4) is 0 Å². The smallest absolute Gasteiger partial charge is 0.134 e. The zero-order valence-corrected chi connectivity index (χ0v) is 18.0. The molecule has 6 heteroatoms. The number of nitrogens with zero attached hydrogens (tertiary/aromatic N) is 4. The molecular weight excluding hydrogens is 374 g/mol. The lowest BCUT2D eigenvalue weighted by Gasteiger charge is -2.32. The second-order valence-corrected chi connectivity index (χ2v) is 8.71. The standard InChI is InChI=1S/C24H35N5O/c30-18-20-8-7-13-29(16-20)24-14-23(26-19-27-24)25-15-21-9-3-4-10-22(21)17-28-11-5-1-2-6-12-28/h3-4,9-10,14,19-20,30H,1-2,5-8,11-13,15-18H2,(H,25,26,27). The topological polar surface area (TPSA) is 64.5 Å². The molecule has 0 bridgehead atoms. The highest BCUT2D eigenvalue weighted by Crippen LogP contribution is 2.23. The Kier molecular flexibility index (Phi) is 7.54. The van der Waals surface area contributed by atoms with Crippen LogP contribution in [0.25, 0.3) is 0 Å². The van der Waals surface area contributed by atoms with Crippen molar-refractivity contribution in [1.82, 2.24) is 14.9 Å². The van der Waals surface area contributed by atoms with Gasteiger partial charge in [0, 0.05) is 38.9 Å². The van der Waals surface area contributed by atoms with Crippen LogP contribution >= 0.6 is 0 Å². The van der Waals surface area contributed by atoms with Crippen molar-refractivity contribution in [1.29, 1.82) is 0 Å². The number of aliphatic hydroxyl groups is 1. The molecule has 4 rings (SSSR count). The van der Waals surface area contributed by atoms with Crippen LogP contribution in [0, 0.1) is 5.92 Å². The zero-order valence-electron chi connectivity index (χ0n) is 18.0. The van der Waals surface area contributed by atoms with Crippen LogP contribution in [-0.4, -0.2) is 52.8 Å². The van der Waals surface area contributed by atoms with Crippen molar-refractivity contribution < 1.29 is 5.11 Å². The average molecular weight is 410 g/mol. The largest absolute Gasteiger partial charge is 0.396 e. The molecular formula is C24H35N5O. The van der Waals surface area contributed by atoms with E-state index in [1.165, 1.54) is 49.9 Å². The van der Waals surface area contributed by atoms with Gasteiger partial charge in [0.15, 0.2) is 0 Å². The third-order valence-corrected chi connectivity index (χ3v) is 6.42. The van der Waals surface area contributed by atoms with Crippen LogP contribution < -0.4 is 10.2 Å². The van der Waals surface area contributed by atoms with E-state index in [1.807, 2.05) is 6.07 Å². The number of anilines is 2. The van der Waals surface area contributed by atoms with Crippen LogP contribution in [-0.2, 0) is 13.1 Å². The third-order valence-electron chi connectivity index (χ3n) is 6.42. The molecule has 2 aliphatic rings. The Balaban J connectivity index is 1.39. The maximum Gasteiger partial charge on any atom is 0.134 e. The first-order valence-electron chi connectivity index (χ1n) is 11.5. The number of likely N-dealkylation sites (tertiary alicyclic amines) is 1. The molecule has 2 aliphatic heterocycles. The van der Waals surface area contributed by atoms with E-state index in [2.05, 4.69) is 49.4 Å². The van der Waals surface area contributed by atoms with Gasteiger partial charge < -0.3 is 15.3 Å². The summed E-state index contributed by atoms with van der Waals surface area (Å²) in [5.41, 5.74) is 2.74. The van der Waals surface area contributed by atoms with Crippen molar-refractivity contribution >= 4 is 11.6 Å². The van der Waals surface area contributed by atoms with Gasteiger partial charge in [-0.05, 0) is 55.8 Å². The summed E-state index contributed by atoms with van der Waals surface area (Å²) >= 11 is 0. The minimum Gasteiger partial charge on any atom is -0.396 e. The van der Waals surface area contributed by atoms with E-state index in [0.29, 0.717) is 5.92 Å². The lowest BCUT2D eigenvalue weighted by Crippen LogP contribution is -2.37. The summed E-state index contributed by atoms with van der Waals surface area (Å²) in [6.07, 6.45) is 9.20. The summed E-state index contributed by atoms with van der Waals surface area (Å²) in [5, 5.41) is 13.0. The Bertz CT molecular complexity index is 791. The Morgan fingerprint density at radius 3 is 2.57 bits per heavy atom. The molecule has 2 aromatic rings. The number of benzene rings is 1. The molecule has 6 nitrogen and oxygen atoms in total. The molecule has 2 fully saturated rings. The van der Waals surface area contributed by atoms with Crippen LogP contribution in [0.2, 0.25) is 0 Å². The summed E-state index contributed by atoms with van der Waals surface area (Å²) in [4.78, 5) is 13.8. The van der Waals surface area contributed by atoms with E-state index in [1.54, 1.807) is 6.33 Å². The summed E-state index contributed by atoms with van der Waals surface area (Å²) in [6, 6.07) is 10.8. The lowest BCUT2D eigenvalue weighted by atomic mass is 9.99. The van der Waals surface area contributed by atoms with Gasteiger partial charge in [-0.1, -0.05) is 37.1 Å². The Labute approximate surface area is 180 Å². The highest BCUT2D eigenvalue weighted by Gasteiger charge is 2.20. The molecule has 2 N–H and O–H groups in total. The number of hydrogen-bond acceptors (Lipinski definition) is 6. The van der Waals surface area contributed by atoms with Gasteiger partial charge in [-0.25, -0.2) is 9.97 Å². The fourth-order valence-corrected chi connectivity index (χ4v) is 4.64. The molecule has 1 atom stereocenters. The first-order chi connectivity index (χ1) is 14.8. The maximum absolute atomic E-state index is 9.50. The molecule has 0 spiro atoms. The fourth-order valence-electron chi connectivity index (χ4n) is 4.64.